The molecule has 0 heterocycles. The molecule has 29 heavy (non-hydrogen) atoms. The molecule has 0 aliphatic heterocycles. The molecular weight excluding hydrogens is 391 g/mol. The molecule has 2 rings (SSSR count). The van der Waals surface area contributed by atoms with Crippen molar-refractivity contribution < 1.29 is 14.0 Å². The predicted octanol–water partition coefficient (Wildman–Crippen LogP) is 4.66. The molecule has 0 fully saturated rings. The molecule has 156 valence electrons. The lowest BCUT2D eigenvalue weighted by Crippen LogP contribution is -2.50. The SMILES string of the molecule is CCC(C(=O)NC(C)C)N(Cc1cccc(C)c1)C(=O)Cc1c(F)cccc1Cl. The van der Waals surface area contributed by atoms with Gasteiger partial charge in [-0.05, 0) is 44.9 Å². The van der Waals surface area contributed by atoms with Gasteiger partial charge < -0.3 is 10.2 Å². The van der Waals surface area contributed by atoms with Crippen LogP contribution in [0.2, 0.25) is 5.02 Å². The van der Waals surface area contributed by atoms with E-state index in [9.17, 15) is 14.0 Å². The van der Waals surface area contributed by atoms with E-state index in [0.717, 1.165) is 11.1 Å². The molecule has 1 atom stereocenters. The van der Waals surface area contributed by atoms with Crippen LogP contribution in [0.3, 0.4) is 0 Å². The quantitative estimate of drug-likeness (QED) is 0.677. The Morgan fingerprint density at radius 2 is 1.86 bits per heavy atom. The molecule has 2 amide bonds. The lowest BCUT2D eigenvalue weighted by atomic mass is 10.0. The molecule has 2 aromatic carbocycles. The van der Waals surface area contributed by atoms with Gasteiger partial charge in [0.05, 0.1) is 6.42 Å². The molecule has 0 bridgehead atoms. The van der Waals surface area contributed by atoms with Crippen LogP contribution < -0.4 is 5.32 Å². The van der Waals surface area contributed by atoms with Crippen molar-refractivity contribution in [1.82, 2.24) is 10.2 Å². The third-order valence-electron chi connectivity index (χ3n) is 4.64. The molecule has 0 aliphatic rings. The molecule has 6 heteroatoms. The second kappa shape index (κ2) is 10.4. The van der Waals surface area contributed by atoms with Crippen LogP contribution in [0.1, 0.15) is 43.9 Å². The molecule has 0 saturated heterocycles. The minimum atomic E-state index is -0.657. The van der Waals surface area contributed by atoms with E-state index in [-0.39, 0.29) is 41.4 Å². The van der Waals surface area contributed by atoms with Crippen LogP contribution in [-0.4, -0.2) is 28.8 Å². The van der Waals surface area contributed by atoms with Crippen molar-refractivity contribution in [3.63, 3.8) is 0 Å². The number of aryl methyl sites for hydroxylation is 1. The van der Waals surface area contributed by atoms with Gasteiger partial charge in [-0.3, -0.25) is 9.59 Å². The highest BCUT2D eigenvalue weighted by Crippen LogP contribution is 2.22. The third kappa shape index (κ3) is 6.29. The van der Waals surface area contributed by atoms with E-state index in [2.05, 4.69) is 5.32 Å². The molecule has 0 spiro atoms. The monoisotopic (exact) mass is 418 g/mol. The highest BCUT2D eigenvalue weighted by molar-refractivity contribution is 6.31. The summed E-state index contributed by atoms with van der Waals surface area (Å²) in [6.45, 7) is 7.83. The lowest BCUT2D eigenvalue weighted by Gasteiger charge is -2.31. The van der Waals surface area contributed by atoms with Crippen LogP contribution in [0.5, 0.6) is 0 Å². The second-order valence-corrected chi connectivity index (χ2v) is 7.88. The van der Waals surface area contributed by atoms with Gasteiger partial charge in [0.1, 0.15) is 11.9 Å². The molecule has 2 aromatic rings. The lowest BCUT2D eigenvalue weighted by molar-refractivity contribution is -0.141. The smallest absolute Gasteiger partial charge is 0.243 e. The van der Waals surface area contributed by atoms with E-state index in [1.165, 1.54) is 17.0 Å². The Hall–Kier alpha value is -2.40. The Labute approximate surface area is 177 Å². The maximum atomic E-state index is 14.2. The number of nitrogens with one attached hydrogen (secondary N) is 1. The van der Waals surface area contributed by atoms with E-state index in [0.29, 0.717) is 6.42 Å². The van der Waals surface area contributed by atoms with Crippen molar-refractivity contribution in [2.45, 2.75) is 59.2 Å². The Kier molecular flexibility index (Phi) is 8.21. The summed E-state index contributed by atoms with van der Waals surface area (Å²) < 4.78 is 14.2. The zero-order valence-corrected chi connectivity index (χ0v) is 18.1. The number of hydrogen-bond acceptors (Lipinski definition) is 2. The van der Waals surface area contributed by atoms with E-state index in [1.54, 1.807) is 6.07 Å². The van der Waals surface area contributed by atoms with Gasteiger partial charge in [0.2, 0.25) is 11.8 Å². The molecule has 0 saturated carbocycles. The van der Waals surface area contributed by atoms with E-state index < -0.39 is 11.9 Å². The third-order valence-corrected chi connectivity index (χ3v) is 5.00. The van der Waals surface area contributed by atoms with Gasteiger partial charge in [-0.1, -0.05) is 54.4 Å². The number of nitrogens with zero attached hydrogens (tertiary/aromatic N) is 1. The zero-order chi connectivity index (χ0) is 21.6. The van der Waals surface area contributed by atoms with Gasteiger partial charge in [-0.2, -0.15) is 0 Å². The van der Waals surface area contributed by atoms with Gasteiger partial charge in [-0.15, -0.1) is 0 Å². The number of carbonyl (C=O) groups is 2. The van der Waals surface area contributed by atoms with Gasteiger partial charge in [0, 0.05) is 23.2 Å². The molecule has 1 N–H and O–H groups in total. The first-order valence-electron chi connectivity index (χ1n) is 9.81. The Bertz CT molecular complexity index is 849. The van der Waals surface area contributed by atoms with Crippen LogP contribution in [-0.2, 0) is 22.6 Å². The summed E-state index contributed by atoms with van der Waals surface area (Å²) >= 11 is 6.11. The maximum Gasteiger partial charge on any atom is 0.243 e. The van der Waals surface area contributed by atoms with Crippen LogP contribution in [0.4, 0.5) is 4.39 Å². The molecule has 0 aromatic heterocycles. The number of halogens is 2. The van der Waals surface area contributed by atoms with E-state index in [4.69, 9.17) is 11.6 Å². The maximum absolute atomic E-state index is 14.2. The van der Waals surface area contributed by atoms with Crippen LogP contribution in [0.15, 0.2) is 42.5 Å². The summed E-state index contributed by atoms with van der Waals surface area (Å²) in [4.78, 5) is 27.5. The topological polar surface area (TPSA) is 49.4 Å². The number of hydrogen-bond donors (Lipinski definition) is 1. The van der Waals surface area contributed by atoms with Gasteiger partial charge >= 0.3 is 0 Å². The standard InChI is InChI=1S/C23H28ClFN2O2/c1-5-21(23(29)26-15(2)3)27(14-17-9-6-8-16(4)12-17)22(28)13-18-19(24)10-7-11-20(18)25/h6-12,15,21H,5,13-14H2,1-4H3,(H,26,29). The summed E-state index contributed by atoms with van der Waals surface area (Å²) in [5, 5.41) is 3.08. The molecule has 4 nitrogen and oxygen atoms in total. The van der Waals surface area contributed by atoms with Gasteiger partial charge in [-0.25, -0.2) is 4.39 Å². The molecule has 0 radical (unpaired) electrons. The first-order valence-corrected chi connectivity index (χ1v) is 10.2. The van der Waals surface area contributed by atoms with Gasteiger partial charge in [0.25, 0.3) is 0 Å². The highest BCUT2D eigenvalue weighted by atomic mass is 35.5. The second-order valence-electron chi connectivity index (χ2n) is 7.48. The van der Waals surface area contributed by atoms with Crippen molar-refractivity contribution >= 4 is 23.4 Å². The molecule has 0 aliphatic carbocycles. The predicted molar refractivity (Wildman–Crippen MR) is 114 cm³/mol. The van der Waals surface area contributed by atoms with E-state index >= 15 is 0 Å². The van der Waals surface area contributed by atoms with Crippen LogP contribution in [0.25, 0.3) is 0 Å². The highest BCUT2D eigenvalue weighted by Gasteiger charge is 2.29. The minimum absolute atomic E-state index is 0.0477. The Morgan fingerprint density at radius 1 is 1.17 bits per heavy atom. The number of carbonyl (C=O) groups excluding carboxylic acids is 2. The average Bonchev–Trinajstić information content (AvgIpc) is 2.64. The fourth-order valence-electron chi connectivity index (χ4n) is 3.26. The first kappa shape index (κ1) is 22.9. The summed E-state index contributed by atoms with van der Waals surface area (Å²) in [7, 11) is 0. The first-order chi connectivity index (χ1) is 13.7. The average molecular weight is 419 g/mol. The Morgan fingerprint density at radius 3 is 2.45 bits per heavy atom. The normalized spacial score (nSPS) is 12.0. The summed E-state index contributed by atoms with van der Waals surface area (Å²) in [6, 6.07) is 11.4. The van der Waals surface area contributed by atoms with Crippen molar-refractivity contribution in [2.24, 2.45) is 0 Å². The number of rotatable bonds is 8. The van der Waals surface area contributed by atoms with Crippen molar-refractivity contribution in [3.05, 3.63) is 70.0 Å². The number of benzene rings is 2. The van der Waals surface area contributed by atoms with Crippen molar-refractivity contribution in [2.75, 3.05) is 0 Å². The van der Waals surface area contributed by atoms with Crippen LogP contribution in [0, 0.1) is 12.7 Å². The molecule has 1 unspecified atom stereocenters. The number of amides is 2. The van der Waals surface area contributed by atoms with E-state index in [1.807, 2.05) is 52.0 Å². The van der Waals surface area contributed by atoms with Crippen molar-refractivity contribution in [3.8, 4) is 0 Å². The summed E-state index contributed by atoms with van der Waals surface area (Å²) in [5.41, 5.74) is 2.12. The summed E-state index contributed by atoms with van der Waals surface area (Å²) in [5.74, 6) is -1.09. The largest absolute Gasteiger partial charge is 0.352 e. The summed E-state index contributed by atoms with van der Waals surface area (Å²) in [6.07, 6.45) is 0.240. The fraction of sp³-hybridized carbons (Fsp3) is 0.391. The van der Waals surface area contributed by atoms with Crippen LogP contribution >= 0.6 is 11.6 Å². The van der Waals surface area contributed by atoms with Crippen molar-refractivity contribution in [1.29, 1.82) is 0 Å². The molecular formula is C23H28ClFN2O2. The minimum Gasteiger partial charge on any atom is -0.352 e. The fourth-order valence-corrected chi connectivity index (χ4v) is 3.49. The zero-order valence-electron chi connectivity index (χ0n) is 17.3. The van der Waals surface area contributed by atoms with Gasteiger partial charge in [0.15, 0.2) is 0 Å². The Balaban J connectivity index is 2.36.